The van der Waals surface area contributed by atoms with E-state index in [1.165, 1.54) is 22.3 Å². The zero-order chi connectivity index (χ0) is 36.7. The Kier molecular flexibility index (Phi) is 10.3. The molecule has 3 saturated carbocycles. The number of amides is 4. The molecular weight excluding hydrogens is 695 g/mol. The Morgan fingerprint density at radius 1 is 1.14 bits per heavy atom. The number of methoxy groups -OCH3 is 1. The van der Waals surface area contributed by atoms with Crippen molar-refractivity contribution >= 4 is 45.2 Å². The molecule has 0 spiro atoms. The largest absolute Gasteiger partial charge is 0.497 e. The minimum absolute atomic E-state index is 0.129. The van der Waals surface area contributed by atoms with Gasteiger partial charge < -0.3 is 25.0 Å². The van der Waals surface area contributed by atoms with Gasteiger partial charge in [0.2, 0.25) is 21.8 Å². The molecule has 4 fully saturated rings. The summed E-state index contributed by atoms with van der Waals surface area (Å²) in [5.74, 6) is -2.03. The summed E-state index contributed by atoms with van der Waals surface area (Å²) in [5, 5.41) is 7.66. The molecule has 4 amide bonds. The van der Waals surface area contributed by atoms with E-state index in [-0.39, 0.29) is 31.4 Å². The summed E-state index contributed by atoms with van der Waals surface area (Å²) in [6.07, 6.45) is 5.43. The van der Waals surface area contributed by atoms with E-state index >= 15 is 0 Å². The lowest BCUT2D eigenvalue weighted by Gasteiger charge is -2.35. The first kappa shape index (κ1) is 36.8. The summed E-state index contributed by atoms with van der Waals surface area (Å²) < 4.78 is 38.6. The number of benzene rings is 1. The number of thiazole rings is 1. The van der Waals surface area contributed by atoms with Crippen LogP contribution in [0, 0.1) is 11.3 Å². The first-order chi connectivity index (χ1) is 24.1. The second kappa shape index (κ2) is 14.2. The van der Waals surface area contributed by atoms with Crippen LogP contribution in [-0.4, -0.2) is 84.7 Å². The van der Waals surface area contributed by atoms with Crippen LogP contribution in [0.2, 0.25) is 0 Å². The highest BCUT2D eigenvalue weighted by atomic mass is 32.2. The zero-order valence-corrected chi connectivity index (χ0v) is 31.1. The third-order valence-corrected chi connectivity index (χ3v) is 13.1. The van der Waals surface area contributed by atoms with Crippen LogP contribution in [0.15, 0.2) is 42.3 Å². The molecule has 13 nitrogen and oxygen atoms in total. The molecular formula is C36H47N5O8S2. The van der Waals surface area contributed by atoms with Gasteiger partial charge in [0.05, 0.1) is 18.1 Å². The van der Waals surface area contributed by atoms with Gasteiger partial charge in [0.15, 0.2) is 0 Å². The van der Waals surface area contributed by atoms with Crippen molar-refractivity contribution in [2.24, 2.45) is 11.3 Å². The Labute approximate surface area is 303 Å². The third-order valence-electron chi connectivity index (χ3n) is 10.3. The number of nitrogens with one attached hydrogen (secondary N) is 3. The number of hydrogen-bond acceptors (Lipinski definition) is 10. The summed E-state index contributed by atoms with van der Waals surface area (Å²) in [6.45, 7) is 9.39. The monoisotopic (exact) mass is 741 g/mol. The molecule has 51 heavy (non-hydrogen) atoms. The molecule has 3 N–H and O–H groups in total. The summed E-state index contributed by atoms with van der Waals surface area (Å²) in [7, 11) is -2.28. The number of nitrogens with zero attached hydrogens (tertiary/aromatic N) is 2. The van der Waals surface area contributed by atoms with Crippen LogP contribution in [0.25, 0.3) is 10.6 Å². The van der Waals surface area contributed by atoms with Gasteiger partial charge in [-0.05, 0) is 68.9 Å². The highest BCUT2D eigenvalue weighted by Gasteiger charge is 2.62. The molecule has 5 atom stereocenters. The number of likely N-dealkylation sites (tertiary alicyclic amines) is 1. The number of ether oxygens (including phenoxy) is 2. The van der Waals surface area contributed by atoms with E-state index in [9.17, 15) is 27.6 Å². The second-order valence-corrected chi connectivity index (χ2v) is 18.0. The van der Waals surface area contributed by atoms with Gasteiger partial charge in [-0.2, -0.15) is 0 Å². The minimum Gasteiger partial charge on any atom is -0.497 e. The number of sulfonamides is 1. The third kappa shape index (κ3) is 7.93. The van der Waals surface area contributed by atoms with Gasteiger partial charge in [-0.25, -0.2) is 18.2 Å². The molecule has 0 bridgehead atoms. The molecule has 2 heterocycles. The number of hydrogen-bond donors (Lipinski definition) is 3. The highest BCUT2D eigenvalue weighted by molar-refractivity contribution is 7.91. The Morgan fingerprint density at radius 3 is 2.49 bits per heavy atom. The van der Waals surface area contributed by atoms with Gasteiger partial charge in [-0.1, -0.05) is 39.0 Å². The van der Waals surface area contributed by atoms with Crippen molar-refractivity contribution in [2.75, 3.05) is 13.7 Å². The van der Waals surface area contributed by atoms with Gasteiger partial charge in [0.1, 0.15) is 34.5 Å². The number of carbonyl (C=O) groups is 4. The topological polar surface area (TPSA) is 173 Å². The van der Waals surface area contributed by atoms with Gasteiger partial charge in [0.25, 0.3) is 5.91 Å². The van der Waals surface area contributed by atoms with Crippen LogP contribution >= 0.6 is 11.3 Å². The molecule has 1 saturated heterocycles. The second-order valence-electron chi connectivity index (χ2n) is 15.2. The lowest BCUT2D eigenvalue weighted by Crippen LogP contribution is -2.60. The Bertz CT molecular complexity index is 1800. The van der Waals surface area contributed by atoms with Crippen molar-refractivity contribution in [3.63, 3.8) is 0 Å². The van der Waals surface area contributed by atoms with E-state index in [0.29, 0.717) is 24.3 Å². The standard InChI is InChI=1S/C36H47N5O8S2/c1-6-23-18-36(23,33(44)40-51(46,47)26-14-15-26)39-30(42)28-17-22(27-20-50-31(37-27)21-10-9-13-25(16-21)48-5)19-41(28)32(43)29(35(2,3)4)38-34(45)49-24-11-7-8-12-24/h6,9-10,13,16,20,22-24,26,28-29H,1,7-8,11-12,14-15,17-19H2,2-5H3,(H,38,45)(H,39,42)(H,40,44)/t22-,23-,28+,29?,36-/m1/s1. The van der Waals surface area contributed by atoms with Crippen LogP contribution in [0.4, 0.5) is 4.79 Å². The smallest absolute Gasteiger partial charge is 0.408 e. The minimum atomic E-state index is -3.87. The van der Waals surface area contributed by atoms with Crippen molar-refractivity contribution in [1.29, 1.82) is 0 Å². The van der Waals surface area contributed by atoms with E-state index in [1.807, 2.05) is 50.4 Å². The Hall–Kier alpha value is -3.98. The van der Waals surface area contributed by atoms with E-state index in [1.54, 1.807) is 7.11 Å². The first-order valence-corrected chi connectivity index (χ1v) is 20.0. The molecule has 3 aliphatic carbocycles. The Morgan fingerprint density at radius 2 is 1.86 bits per heavy atom. The molecule has 1 aromatic heterocycles. The van der Waals surface area contributed by atoms with Crippen molar-refractivity contribution in [2.45, 2.75) is 107 Å². The maximum Gasteiger partial charge on any atom is 0.408 e. The fourth-order valence-corrected chi connectivity index (χ4v) is 9.31. The summed E-state index contributed by atoms with van der Waals surface area (Å²) >= 11 is 1.44. The lowest BCUT2D eigenvalue weighted by atomic mass is 9.85. The number of rotatable bonds is 12. The van der Waals surface area contributed by atoms with Crippen LogP contribution in [0.3, 0.4) is 0 Å². The number of alkyl carbamates (subject to hydrolysis) is 1. The molecule has 1 aliphatic heterocycles. The molecule has 15 heteroatoms. The van der Waals surface area contributed by atoms with Crippen molar-refractivity contribution in [3.8, 4) is 16.3 Å². The maximum absolute atomic E-state index is 14.5. The van der Waals surface area contributed by atoms with Gasteiger partial charge in [0, 0.05) is 29.3 Å². The lowest BCUT2D eigenvalue weighted by molar-refractivity contribution is -0.142. The summed E-state index contributed by atoms with van der Waals surface area (Å²) in [4.78, 5) is 61.7. The average molecular weight is 742 g/mol. The molecule has 2 aromatic rings. The summed E-state index contributed by atoms with van der Waals surface area (Å²) in [5.41, 5.74) is -0.707. The van der Waals surface area contributed by atoms with Crippen molar-refractivity contribution < 1.29 is 37.1 Å². The number of carbonyl (C=O) groups excluding carboxylic acids is 4. The van der Waals surface area contributed by atoms with E-state index < -0.39 is 68.0 Å². The van der Waals surface area contributed by atoms with E-state index in [2.05, 4.69) is 21.9 Å². The normalized spacial score (nSPS) is 25.5. The fourth-order valence-electron chi connectivity index (χ4n) is 7.05. The predicted molar refractivity (Wildman–Crippen MR) is 191 cm³/mol. The van der Waals surface area contributed by atoms with Crippen LogP contribution < -0.4 is 20.1 Å². The Balaban J connectivity index is 1.27. The maximum atomic E-state index is 14.5. The average Bonchev–Trinajstić information content (AvgIpc) is 3.85. The highest BCUT2D eigenvalue weighted by Crippen LogP contribution is 2.46. The zero-order valence-electron chi connectivity index (χ0n) is 29.5. The molecule has 0 radical (unpaired) electrons. The molecule has 1 aromatic carbocycles. The van der Waals surface area contributed by atoms with Crippen LogP contribution in [-0.2, 0) is 29.1 Å². The summed E-state index contributed by atoms with van der Waals surface area (Å²) in [6, 6.07) is 5.45. The van der Waals surface area contributed by atoms with Crippen LogP contribution in [0.1, 0.15) is 83.7 Å². The van der Waals surface area contributed by atoms with E-state index in [0.717, 1.165) is 36.3 Å². The molecule has 4 aliphatic rings. The van der Waals surface area contributed by atoms with Gasteiger partial charge >= 0.3 is 6.09 Å². The van der Waals surface area contributed by atoms with Crippen molar-refractivity contribution in [1.82, 2.24) is 25.2 Å². The molecule has 1 unspecified atom stereocenters. The first-order valence-electron chi connectivity index (χ1n) is 17.5. The van der Waals surface area contributed by atoms with Crippen LogP contribution in [0.5, 0.6) is 5.75 Å². The number of aromatic nitrogens is 1. The quantitative estimate of drug-likeness (QED) is 0.269. The predicted octanol–water partition coefficient (Wildman–Crippen LogP) is 4.26. The van der Waals surface area contributed by atoms with E-state index in [4.69, 9.17) is 14.5 Å². The van der Waals surface area contributed by atoms with Gasteiger partial charge in [-0.3, -0.25) is 19.1 Å². The van der Waals surface area contributed by atoms with Gasteiger partial charge in [-0.15, -0.1) is 17.9 Å². The van der Waals surface area contributed by atoms with Crippen molar-refractivity contribution in [3.05, 3.63) is 48.0 Å². The fraction of sp³-hybridized carbons (Fsp3) is 0.583. The SMILES string of the molecule is C=C[C@@H]1C[C@]1(NC(=O)[C@@H]1C[C@@H](c2csc(-c3cccc(OC)c3)n2)CN1C(=O)C(NC(=O)OC1CCCC1)C(C)(C)C)C(=O)NS(=O)(=O)C1CC1. The molecule has 276 valence electrons. The molecule has 6 rings (SSSR count).